The number of fused-ring (bicyclic) bond motifs is 2. The van der Waals surface area contributed by atoms with Crippen molar-refractivity contribution >= 4 is 67.4 Å². The number of hydrogen-bond donors (Lipinski definition) is 1. The lowest BCUT2D eigenvalue weighted by Gasteiger charge is -2.38. The van der Waals surface area contributed by atoms with Gasteiger partial charge in [0.25, 0.3) is 15.6 Å². The van der Waals surface area contributed by atoms with Crippen molar-refractivity contribution in [1.82, 2.24) is 13.5 Å². The van der Waals surface area contributed by atoms with Crippen molar-refractivity contribution in [3.05, 3.63) is 94.7 Å². The highest BCUT2D eigenvalue weighted by Crippen LogP contribution is 2.45. The summed E-state index contributed by atoms with van der Waals surface area (Å²) in [7, 11) is -2.79. The number of nitrogens with zero attached hydrogens (tertiary/aromatic N) is 5. The van der Waals surface area contributed by atoms with E-state index in [0.29, 0.717) is 30.4 Å². The van der Waals surface area contributed by atoms with E-state index in [4.69, 9.17) is 16.3 Å². The smallest absolute Gasteiger partial charge is 0.414 e. The SMILES string of the molecule is Cc1ccc(S(=O)(=O)n2ccc3c(-c4cc5c(cc4Nc4ncc(F)cc4F)N(C(=O)CCCCCl)CCN5C(=O)OC(C)(C)C)cn(C)c(=O)c32)cc1. The highest BCUT2D eigenvalue weighted by atomic mass is 35.5. The van der Waals surface area contributed by atoms with Gasteiger partial charge in [0.1, 0.15) is 16.9 Å². The minimum absolute atomic E-state index is 0.0316. The fraction of sp³-hybridized carbons (Fsp3) is 0.316. The number of unbranched alkanes of at least 4 members (excludes halogenated alkanes) is 1. The summed E-state index contributed by atoms with van der Waals surface area (Å²) in [4.78, 5) is 47.9. The Kier molecular flexibility index (Phi) is 10.6. The summed E-state index contributed by atoms with van der Waals surface area (Å²) in [6, 6.07) is 11.5. The maximum Gasteiger partial charge on any atom is 0.414 e. The molecule has 1 aliphatic heterocycles. The van der Waals surface area contributed by atoms with Crippen LogP contribution in [0.5, 0.6) is 0 Å². The second kappa shape index (κ2) is 14.9. The first-order valence-electron chi connectivity index (χ1n) is 17.2. The summed E-state index contributed by atoms with van der Waals surface area (Å²) in [5.41, 5.74) is 0.508. The Bertz CT molecular complexity index is 2440. The molecule has 0 fully saturated rings. The maximum absolute atomic E-state index is 15.2. The molecule has 0 spiro atoms. The summed E-state index contributed by atoms with van der Waals surface area (Å²) in [5.74, 6) is -2.12. The first kappa shape index (κ1) is 38.4. The molecule has 0 saturated heterocycles. The topological polar surface area (TPSA) is 136 Å². The van der Waals surface area contributed by atoms with Crippen molar-refractivity contribution in [3.8, 4) is 11.1 Å². The van der Waals surface area contributed by atoms with Gasteiger partial charge in [-0.25, -0.2) is 30.9 Å². The molecule has 54 heavy (non-hydrogen) atoms. The number of aromatic nitrogens is 3. The molecule has 0 saturated carbocycles. The summed E-state index contributed by atoms with van der Waals surface area (Å²) in [6.07, 6.45) is 4.23. The number of pyridine rings is 2. The van der Waals surface area contributed by atoms with Crippen LogP contribution < -0.4 is 20.7 Å². The Morgan fingerprint density at radius 3 is 2.33 bits per heavy atom. The lowest BCUT2D eigenvalue weighted by Crippen LogP contribution is -2.48. The molecule has 2 aromatic carbocycles. The molecule has 3 aromatic heterocycles. The van der Waals surface area contributed by atoms with Crippen LogP contribution in [0.4, 0.5) is 36.5 Å². The minimum atomic E-state index is -4.25. The monoisotopic (exact) mass is 780 g/mol. The highest BCUT2D eigenvalue weighted by molar-refractivity contribution is 7.90. The molecular weight excluding hydrogens is 742 g/mol. The van der Waals surface area contributed by atoms with E-state index < -0.39 is 38.9 Å². The molecule has 5 aromatic rings. The predicted molar refractivity (Wildman–Crippen MR) is 204 cm³/mol. The molecule has 0 atom stereocenters. The Hall–Kier alpha value is -5.28. The van der Waals surface area contributed by atoms with Gasteiger partial charge >= 0.3 is 6.09 Å². The molecule has 2 amide bonds. The van der Waals surface area contributed by atoms with Crippen molar-refractivity contribution in [2.24, 2.45) is 7.05 Å². The van der Waals surface area contributed by atoms with Crippen LogP contribution in [-0.2, 0) is 26.6 Å². The molecule has 16 heteroatoms. The lowest BCUT2D eigenvalue weighted by molar-refractivity contribution is -0.118. The van der Waals surface area contributed by atoms with Gasteiger partial charge in [-0.3, -0.25) is 14.5 Å². The van der Waals surface area contributed by atoms with Crippen LogP contribution in [0.25, 0.3) is 22.0 Å². The summed E-state index contributed by atoms with van der Waals surface area (Å²) < 4.78 is 64.9. The maximum atomic E-state index is 15.2. The van der Waals surface area contributed by atoms with Gasteiger partial charge in [0.05, 0.1) is 22.5 Å². The molecule has 1 N–H and O–H groups in total. The Labute approximate surface area is 316 Å². The van der Waals surface area contributed by atoms with Crippen LogP contribution >= 0.6 is 11.6 Å². The zero-order valence-electron chi connectivity index (χ0n) is 30.3. The normalized spacial score (nSPS) is 13.3. The molecule has 0 radical (unpaired) electrons. The largest absolute Gasteiger partial charge is 0.443 e. The molecule has 284 valence electrons. The first-order chi connectivity index (χ1) is 25.5. The minimum Gasteiger partial charge on any atom is -0.443 e. The highest BCUT2D eigenvalue weighted by Gasteiger charge is 2.35. The Morgan fingerprint density at radius 1 is 0.981 bits per heavy atom. The van der Waals surface area contributed by atoms with Gasteiger partial charge in [-0.2, -0.15) is 0 Å². The van der Waals surface area contributed by atoms with Crippen LogP contribution in [0, 0.1) is 18.6 Å². The van der Waals surface area contributed by atoms with E-state index in [1.54, 1.807) is 45.0 Å². The second-order valence-corrected chi connectivity index (χ2v) is 16.2. The number of halogens is 3. The van der Waals surface area contributed by atoms with Crippen LogP contribution in [0.15, 0.2) is 76.8 Å². The molecule has 6 rings (SSSR count). The molecule has 12 nitrogen and oxygen atoms in total. The third kappa shape index (κ3) is 7.55. The van der Waals surface area contributed by atoms with Gasteiger partial charge in [-0.15, -0.1) is 11.6 Å². The number of carbonyl (C=O) groups excluding carboxylic acids is 2. The average Bonchev–Trinajstić information content (AvgIpc) is 3.56. The average molecular weight is 781 g/mol. The number of ether oxygens (including phenoxy) is 1. The van der Waals surface area contributed by atoms with Gasteiger partial charge in [0.2, 0.25) is 5.91 Å². The van der Waals surface area contributed by atoms with Gasteiger partial charge in [0.15, 0.2) is 11.6 Å². The number of amides is 2. The van der Waals surface area contributed by atoms with Gasteiger partial charge in [0, 0.05) is 73.1 Å². The Morgan fingerprint density at radius 2 is 1.67 bits per heavy atom. The lowest BCUT2D eigenvalue weighted by atomic mass is 9.98. The van der Waals surface area contributed by atoms with E-state index >= 15 is 4.39 Å². The van der Waals surface area contributed by atoms with E-state index in [9.17, 15) is 27.2 Å². The van der Waals surface area contributed by atoms with Crippen LogP contribution in [0.3, 0.4) is 0 Å². The molecular formula is C38H39ClF2N6O6S. The quantitative estimate of drug-likeness (QED) is 0.120. The summed E-state index contributed by atoms with van der Waals surface area (Å²) in [6.45, 7) is 7.17. The Balaban J connectivity index is 1.63. The van der Waals surface area contributed by atoms with Gasteiger partial charge < -0.3 is 19.5 Å². The fourth-order valence-corrected chi connectivity index (χ4v) is 7.78. The molecule has 1 aliphatic rings. The van der Waals surface area contributed by atoms with E-state index in [0.717, 1.165) is 15.7 Å². The number of aryl methyl sites for hydroxylation is 2. The molecule has 0 bridgehead atoms. The first-order valence-corrected chi connectivity index (χ1v) is 19.1. The van der Waals surface area contributed by atoms with Gasteiger partial charge in [-0.05, 0) is 70.9 Å². The molecule has 0 unspecified atom stereocenters. The number of hydrogen-bond acceptors (Lipinski definition) is 8. The van der Waals surface area contributed by atoms with E-state index in [-0.39, 0.29) is 69.7 Å². The standard InChI is InChI=1S/C38H39ClF2N6O6S/c1-23-9-11-25(12-10-23)54(51,52)47-15-13-26-28(22-44(5)36(49)34(26)47)27-19-31-32(20-30(27)43-35-29(41)18-24(40)21-42-35)45(33(48)8-6-7-14-39)16-17-46(31)37(50)53-38(2,3)4/h9-13,15,18-22H,6-8,14,16-17H2,1-5H3,(H,42,43). The molecule has 4 heterocycles. The van der Waals surface area contributed by atoms with Crippen molar-refractivity contribution in [2.75, 3.05) is 34.1 Å². The number of alkyl halides is 1. The number of rotatable bonds is 9. The van der Waals surface area contributed by atoms with Crippen molar-refractivity contribution in [3.63, 3.8) is 0 Å². The van der Waals surface area contributed by atoms with Crippen LogP contribution in [0.1, 0.15) is 45.6 Å². The number of anilines is 4. The number of carbonyl (C=O) groups is 2. The molecule has 0 aliphatic carbocycles. The van der Waals surface area contributed by atoms with Crippen molar-refractivity contribution in [2.45, 2.75) is 57.5 Å². The van der Waals surface area contributed by atoms with E-state index in [2.05, 4.69) is 10.3 Å². The zero-order chi connectivity index (χ0) is 39.1. The van der Waals surface area contributed by atoms with E-state index in [1.807, 2.05) is 6.92 Å². The number of benzene rings is 2. The van der Waals surface area contributed by atoms with Crippen LogP contribution in [0.2, 0.25) is 0 Å². The third-order valence-electron chi connectivity index (χ3n) is 8.85. The summed E-state index contributed by atoms with van der Waals surface area (Å²) >= 11 is 5.87. The van der Waals surface area contributed by atoms with E-state index in [1.165, 1.54) is 52.0 Å². The predicted octanol–water partition coefficient (Wildman–Crippen LogP) is 7.47. The third-order valence-corrected chi connectivity index (χ3v) is 10.8. The van der Waals surface area contributed by atoms with Crippen molar-refractivity contribution in [1.29, 1.82) is 0 Å². The summed E-state index contributed by atoms with van der Waals surface area (Å²) in [5, 5.41) is 3.14. The fourth-order valence-electron chi connectivity index (χ4n) is 6.25. The van der Waals surface area contributed by atoms with Crippen molar-refractivity contribution < 1.29 is 31.5 Å². The second-order valence-electron chi connectivity index (χ2n) is 14.0. The number of nitrogens with one attached hydrogen (secondary N) is 1. The zero-order valence-corrected chi connectivity index (χ0v) is 31.9. The van der Waals surface area contributed by atoms with Gasteiger partial charge in [-0.1, -0.05) is 17.7 Å². The van der Waals surface area contributed by atoms with Crippen LogP contribution in [-0.4, -0.2) is 58.5 Å².